The van der Waals surface area contributed by atoms with E-state index in [4.69, 9.17) is 11.6 Å². The van der Waals surface area contributed by atoms with E-state index in [1.165, 1.54) is 0 Å². The van der Waals surface area contributed by atoms with E-state index in [0.717, 1.165) is 44.2 Å². The van der Waals surface area contributed by atoms with Crippen LogP contribution in [0.2, 0.25) is 5.02 Å². The van der Waals surface area contributed by atoms with Gasteiger partial charge in [-0.3, -0.25) is 4.79 Å². The maximum Gasteiger partial charge on any atom is 0.321 e. The minimum absolute atomic E-state index is 0.136. The van der Waals surface area contributed by atoms with Crippen LogP contribution in [0.1, 0.15) is 56.9 Å². The van der Waals surface area contributed by atoms with Crippen molar-refractivity contribution in [2.24, 2.45) is 5.41 Å². The molecule has 6 rings (SSSR count). The first-order valence-electron chi connectivity index (χ1n) is 10.00. The molecule has 2 bridgehead atoms. The maximum absolute atomic E-state index is 13.4. The molecule has 5 fully saturated rings. The minimum atomic E-state index is -0.653. The van der Waals surface area contributed by atoms with Crippen molar-refractivity contribution in [1.29, 1.82) is 0 Å². The molecule has 2 aliphatic heterocycles. The Hall–Kier alpha value is -1.75. The summed E-state index contributed by atoms with van der Waals surface area (Å²) in [5, 5.41) is 10.4. The number of aliphatic carboxylic acids is 1. The summed E-state index contributed by atoms with van der Waals surface area (Å²) < 4.78 is 0. The lowest BCUT2D eigenvalue weighted by atomic mass is 9.56. The predicted octanol–water partition coefficient (Wildman–Crippen LogP) is 4.24. The monoisotopic (exact) mass is 388 g/mol. The Labute approximate surface area is 164 Å². The molecule has 5 nitrogen and oxygen atoms in total. The number of carboxylic acid groups (broad SMARTS) is 1. The van der Waals surface area contributed by atoms with Gasteiger partial charge in [0.05, 0.1) is 17.5 Å². The summed E-state index contributed by atoms with van der Waals surface area (Å²) in [5.41, 5.74) is 0.136. The van der Waals surface area contributed by atoms with Crippen molar-refractivity contribution in [3.8, 4) is 0 Å². The van der Waals surface area contributed by atoms with Gasteiger partial charge in [0.2, 0.25) is 0 Å². The first kappa shape index (κ1) is 17.4. The van der Waals surface area contributed by atoms with Crippen LogP contribution in [-0.2, 0) is 10.3 Å². The van der Waals surface area contributed by atoms with Gasteiger partial charge in [-0.1, -0.05) is 23.7 Å². The van der Waals surface area contributed by atoms with Gasteiger partial charge in [0.1, 0.15) is 0 Å². The van der Waals surface area contributed by atoms with E-state index in [2.05, 4.69) is 15.9 Å². The van der Waals surface area contributed by atoms with Crippen LogP contribution >= 0.6 is 11.6 Å². The predicted molar refractivity (Wildman–Crippen MR) is 102 cm³/mol. The van der Waals surface area contributed by atoms with Gasteiger partial charge in [0, 0.05) is 17.1 Å². The van der Waals surface area contributed by atoms with E-state index in [1.54, 1.807) is 0 Å². The smallest absolute Gasteiger partial charge is 0.321 e. The van der Waals surface area contributed by atoms with Crippen molar-refractivity contribution >= 4 is 23.6 Å². The summed E-state index contributed by atoms with van der Waals surface area (Å²) >= 11 is 6.27. The van der Waals surface area contributed by atoms with Crippen molar-refractivity contribution < 1.29 is 14.7 Å². The average molecular weight is 389 g/mol. The van der Waals surface area contributed by atoms with Crippen molar-refractivity contribution in [2.45, 2.75) is 62.4 Å². The number of amides is 2. The SMILES string of the molecule is O=C1N(C23CCC(C(=O)O)(CC2)CC3)C[C@@]2(c3cccc(Cl)c3)CCCN12. The molecule has 0 radical (unpaired) electrons. The second-order valence-corrected chi connectivity index (χ2v) is 9.41. The Morgan fingerprint density at radius 1 is 1.04 bits per heavy atom. The molecule has 1 aromatic carbocycles. The van der Waals surface area contributed by atoms with E-state index in [9.17, 15) is 14.7 Å². The zero-order chi connectivity index (χ0) is 18.9. The number of rotatable bonds is 3. The average Bonchev–Trinajstić information content (AvgIpc) is 3.23. The lowest BCUT2D eigenvalue weighted by molar-refractivity contribution is -0.159. The number of fused-ring (bicyclic) bond motifs is 4. The molecule has 2 saturated heterocycles. The molecular weight excluding hydrogens is 364 g/mol. The van der Waals surface area contributed by atoms with Crippen LogP contribution in [-0.4, -0.2) is 45.5 Å². The van der Waals surface area contributed by atoms with Crippen LogP contribution in [0.15, 0.2) is 24.3 Å². The van der Waals surface area contributed by atoms with Crippen molar-refractivity contribution in [1.82, 2.24) is 9.80 Å². The van der Waals surface area contributed by atoms with E-state index in [1.807, 2.05) is 18.2 Å². The highest BCUT2D eigenvalue weighted by atomic mass is 35.5. The van der Waals surface area contributed by atoms with Crippen LogP contribution in [0.3, 0.4) is 0 Å². The molecule has 1 atom stereocenters. The van der Waals surface area contributed by atoms with Crippen LogP contribution < -0.4 is 0 Å². The number of urea groups is 1. The molecule has 6 heteroatoms. The molecule has 0 unspecified atom stereocenters. The van der Waals surface area contributed by atoms with Crippen LogP contribution in [0.4, 0.5) is 4.79 Å². The fourth-order valence-corrected chi connectivity index (χ4v) is 6.42. The third-order valence-electron chi connectivity index (χ3n) is 7.97. The van der Waals surface area contributed by atoms with E-state index >= 15 is 0 Å². The summed E-state index contributed by atoms with van der Waals surface area (Å²) in [6.45, 7) is 1.49. The van der Waals surface area contributed by atoms with E-state index in [-0.39, 0.29) is 17.1 Å². The Balaban J connectivity index is 1.48. The van der Waals surface area contributed by atoms with Gasteiger partial charge < -0.3 is 14.9 Å². The first-order chi connectivity index (χ1) is 12.9. The molecule has 5 aliphatic rings. The molecule has 1 N–H and O–H groups in total. The van der Waals surface area contributed by atoms with Gasteiger partial charge in [-0.2, -0.15) is 0 Å². The highest BCUT2D eigenvalue weighted by Crippen LogP contribution is 2.57. The van der Waals surface area contributed by atoms with Gasteiger partial charge in [0.25, 0.3) is 0 Å². The molecule has 3 aliphatic carbocycles. The largest absolute Gasteiger partial charge is 0.481 e. The lowest BCUT2D eigenvalue weighted by Crippen LogP contribution is -2.59. The first-order valence-corrected chi connectivity index (χ1v) is 10.4. The molecule has 144 valence electrons. The third kappa shape index (κ3) is 2.24. The lowest BCUT2D eigenvalue weighted by Gasteiger charge is -2.55. The van der Waals surface area contributed by atoms with Crippen LogP contribution in [0.25, 0.3) is 0 Å². The Morgan fingerprint density at radius 3 is 2.37 bits per heavy atom. The number of benzene rings is 1. The minimum Gasteiger partial charge on any atom is -0.481 e. The number of hydrogen-bond donors (Lipinski definition) is 1. The second-order valence-electron chi connectivity index (χ2n) is 8.98. The van der Waals surface area contributed by atoms with Gasteiger partial charge in [-0.05, 0) is 69.1 Å². The van der Waals surface area contributed by atoms with Gasteiger partial charge >= 0.3 is 12.0 Å². The second kappa shape index (κ2) is 5.63. The number of hydrogen-bond acceptors (Lipinski definition) is 2. The van der Waals surface area contributed by atoms with Crippen molar-refractivity contribution in [3.05, 3.63) is 34.9 Å². The molecule has 2 amide bonds. The summed E-state index contributed by atoms with van der Waals surface area (Å²) in [6, 6.07) is 8.08. The number of halogens is 1. The normalized spacial score (nSPS) is 37.7. The summed E-state index contributed by atoms with van der Waals surface area (Å²) in [7, 11) is 0. The summed E-state index contributed by atoms with van der Waals surface area (Å²) in [5.74, 6) is -0.653. The zero-order valence-electron chi connectivity index (χ0n) is 15.4. The van der Waals surface area contributed by atoms with Gasteiger partial charge in [-0.25, -0.2) is 4.79 Å². The molecule has 0 aromatic heterocycles. The highest BCUT2D eigenvalue weighted by Gasteiger charge is 2.62. The van der Waals surface area contributed by atoms with E-state index in [0.29, 0.717) is 30.8 Å². The molecular formula is C21H25ClN2O3. The number of carboxylic acids is 1. The molecule has 2 heterocycles. The summed E-state index contributed by atoms with van der Waals surface area (Å²) in [4.78, 5) is 29.4. The van der Waals surface area contributed by atoms with Gasteiger partial charge in [0.15, 0.2) is 0 Å². The maximum atomic E-state index is 13.4. The fourth-order valence-electron chi connectivity index (χ4n) is 6.23. The zero-order valence-corrected chi connectivity index (χ0v) is 16.2. The molecule has 3 saturated carbocycles. The highest BCUT2D eigenvalue weighted by molar-refractivity contribution is 6.30. The van der Waals surface area contributed by atoms with Crippen molar-refractivity contribution in [2.75, 3.05) is 13.1 Å². The van der Waals surface area contributed by atoms with Crippen molar-refractivity contribution in [3.63, 3.8) is 0 Å². The standard InChI is InChI=1S/C21H25ClN2O3/c22-16-4-1-3-15(13-16)21-5-2-12-23(21)18(27)24(14-21)20-9-6-19(7-10-20,8-11-20)17(25)26/h1,3-4,13H,2,5-12,14H2,(H,25,26)/t19?,20?,21-/m1/s1. The van der Waals surface area contributed by atoms with E-state index < -0.39 is 11.4 Å². The van der Waals surface area contributed by atoms with Crippen LogP contribution in [0, 0.1) is 5.41 Å². The molecule has 0 spiro atoms. The van der Waals surface area contributed by atoms with Gasteiger partial charge in [-0.15, -0.1) is 0 Å². The van der Waals surface area contributed by atoms with Crippen LogP contribution in [0.5, 0.6) is 0 Å². The summed E-state index contributed by atoms with van der Waals surface area (Å²) in [6.07, 6.45) is 6.48. The molecule has 1 aromatic rings. The number of carbonyl (C=O) groups is 2. The number of nitrogens with zero attached hydrogens (tertiary/aromatic N) is 2. The quantitative estimate of drug-likeness (QED) is 0.842. The Kier molecular flexibility index (Phi) is 3.62. The fraction of sp³-hybridized carbons (Fsp3) is 0.619. The molecule has 27 heavy (non-hydrogen) atoms. The third-order valence-corrected chi connectivity index (χ3v) is 8.20. The Bertz CT molecular complexity index is 801. The number of carbonyl (C=O) groups excluding carboxylic acids is 1. The Morgan fingerprint density at radius 2 is 1.74 bits per heavy atom. The topological polar surface area (TPSA) is 60.9 Å².